The van der Waals surface area contributed by atoms with Crippen molar-refractivity contribution >= 4 is 36.5 Å². The highest BCUT2D eigenvalue weighted by molar-refractivity contribution is 5.86. The predicted molar refractivity (Wildman–Crippen MR) is 109 cm³/mol. The Morgan fingerprint density at radius 3 is 2.50 bits per heavy atom. The van der Waals surface area contributed by atoms with Crippen LogP contribution in [0.4, 0.5) is 5.82 Å². The molecule has 1 aliphatic carbocycles. The van der Waals surface area contributed by atoms with Gasteiger partial charge >= 0.3 is 0 Å². The van der Waals surface area contributed by atoms with Crippen molar-refractivity contribution in [2.75, 3.05) is 18.0 Å². The van der Waals surface area contributed by atoms with Crippen LogP contribution in [-0.2, 0) is 11.2 Å². The highest BCUT2D eigenvalue weighted by Gasteiger charge is 2.36. The first-order valence-electron chi connectivity index (χ1n) is 9.26. The number of rotatable bonds is 4. The topological polar surface area (TPSA) is 84.1 Å². The lowest BCUT2D eigenvalue weighted by molar-refractivity contribution is -0.128. The Kier molecular flexibility index (Phi) is 9.07. The second-order valence-corrected chi connectivity index (χ2v) is 7.17. The summed E-state index contributed by atoms with van der Waals surface area (Å²) in [5.74, 6) is 1.05. The van der Waals surface area contributed by atoms with Gasteiger partial charge in [-0.3, -0.25) is 4.79 Å². The monoisotopic (exact) mass is 403 g/mol. The first-order valence-corrected chi connectivity index (χ1v) is 9.26. The van der Waals surface area contributed by atoms with Gasteiger partial charge in [-0.2, -0.15) is 0 Å². The van der Waals surface area contributed by atoms with Gasteiger partial charge in [0.1, 0.15) is 12.1 Å². The van der Waals surface area contributed by atoms with E-state index in [1.54, 1.807) is 6.33 Å². The average molecular weight is 404 g/mol. The zero-order valence-electron chi connectivity index (χ0n) is 15.4. The van der Waals surface area contributed by atoms with E-state index in [2.05, 4.69) is 33.2 Å². The summed E-state index contributed by atoms with van der Waals surface area (Å²) in [5.41, 5.74) is 6.76. The number of piperidine rings is 1. The Labute approximate surface area is 168 Å². The van der Waals surface area contributed by atoms with Crippen molar-refractivity contribution < 1.29 is 4.79 Å². The third-order valence-electron chi connectivity index (χ3n) is 5.42. The van der Waals surface area contributed by atoms with Crippen molar-refractivity contribution in [2.45, 2.75) is 69.9 Å². The maximum atomic E-state index is 12.6. The quantitative estimate of drug-likeness (QED) is 0.806. The summed E-state index contributed by atoms with van der Waals surface area (Å²) in [6.45, 7) is 3.91. The van der Waals surface area contributed by atoms with Gasteiger partial charge in [-0.25, -0.2) is 9.97 Å². The minimum Gasteiger partial charge on any atom is -0.356 e. The van der Waals surface area contributed by atoms with Crippen molar-refractivity contribution in [2.24, 2.45) is 5.73 Å². The number of carbonyl (C=O) groups excluding carboxylic acids is 1. The predicted octanol–water partition coefficient (Wildman–Crippen LogP) is 2.63. The van der Waals surface area contributed by atoms with Crippen LogP contribution in [0.3, 0.4) is 0 Å². The van der Waals surface area contributed by atoms with Gasteiger partial charge in [0.25, 0.3) is 0 Å². The highest BCUT2D eigenvalue weighted by atomic mass is 35.5. The number of nitrogens with two attached hydrogens (primary N) is 1. The molecule has 0 radical (unpaired) electrons. The van der Waals surface area contributed by atoms with Crippen LogP contribution in [-0.4, -0.2) is 40.5 Å². The second kappa shape index (κ2) is 10.3. The van der Waals surface area contributed by atoms with E-state index in [1.807, 2.05) is 0 Å². The summed E-state index contributed by atoms with van der Waals surface area (Å²) >= 11 is 0. The lowest BCUT2D eigenvalue weighted by Crippen LogP contribution is -2.58. The van der Waals surface area contributed by atoms with Crippen molar-refractivity contribution in [3.05, 3.63) is 18.1 Å². The smallest absolute Gasteiger partial charge is 0.240 e. The van der Waals surface area contributed by atoms with Crippen LogP contribution >= 0.6 is 24.8 Å². The Hall–Kier alpha value is -1.11. The normalized spacial score (nSPS) is 19.8. The number of hydrogen-bond acceptors (Lipinski definition) is 5. The molecule has 26 heavy (non-hydrogen) atoms. The second-order valence-electron chi connectivity index (χ2n) is 7.17. The first kappa shape index (κ1) is 22.9. The van der Waals surface area contributed by atoms with Crippen molar-refractivity contribution in [1.82, 2.24) is 15.3 Å². The number of carbonyl (C=O) groups is 1. The SMILES string of the molecule is CCc1cc(N2CCC(NC(=O)C3(N)CCCCC3)CC2)ncn1.Cl.Cl. The summed E-state index contributed by atoms with van der Waals surface area (Å²) < 4.78 is 0. The molecule has 1 aromatic rings. The molecule has 2 heterocycles. The molecule has 2 aliphatic rings. The van der Waals surface area contributed by atoms with Crippen molar-refractivity contribution in [1.29, 1.82) is 0 Å². The van der Waals surface area contributed by atoms with Gasteiger partial charge in [0.2, 0.25) is 5.91 Å². The number of aryl methyl sites for hydroxylation is 1. The molecule has 1 saturated heterocycles. The van der Waals surface area contributed by atoms with Gasteiger partial charge in [0.05, 0.1) is 5.54 Å². The number of aromatic nitrogens is 2. The maximum absolute atomic E-state index is 12.6. The zero-order valence-corrected chi connectivity index (χ0v) is 17.1. The van der Waals surface area contributed by atoms with E-state index in [1.165, 1.54) is 6.42 Å². The third kappa shape index (κ3) is 5.44. The molecule has 0 spiro atoms. The standard InChI is InChI=1S/C18H29N5O.2ClH/c1-2-14-12-16(21-13-20-14)23-10-6-15(7-11-23)22-17(24)18(19)8-4-3-5-9-18;;/h12-13,15H,2-11,19H2,1H3,(H,22,24);2*1H. The lowest BCUT2D eigenvalue weighted by atomic mass is 9.81. The Morgan fingerprint density at radius 2 is 1.88 bits per heavy atom. The van der Waals surface area contributed by atoms with E-state index >= 15 is 0 Å². The fraction of sp³-hybridized carbons (Fsp3) is 0.722. The molecule has 1 aliphatic heterocycles. The molecule has 1 aromatic heterocycles. The third-order valence-corrected chi connectivity index (χ3v) is 5.42. The molecular weight excluding hydrogens is 373 g/mol. The number of anilines is 1. The van der Waals surface area contributed by atoms with Crippen LogP contribution in [0.2, 0.25) is 0 Å². The minimum absolute atomic E-state index is 0. The van der Waals surface area contributed by atoms with Crippen molar-refractivity contribution in [3.63, 3.8) is 0 Å². The fourth-order valence-electron chi connectivity index (χ4n) is 3.74. The lowest BCUT2D eigenvalue weighted by Gasteiger charge is -2.37. The molecule has 3 rings (SSSR count). The molecule has 0 atom stereocenters. The molecular formula is C18H31Cl2N5O. The zero-order chi connectivity index (χ0) is 17.0. The summed E-state index contributed by atoms with van der Waals surface area (Å²) in [7, 11) is 0. The van der Waals surface area contributed by atoms with E-state index in [0.717, 1.165) is 69.5 Å². The van der Waals surface area contributed by atoms with E-state index in [-0.39, 0.29) is 36.8 Å². The van der Waals surface area contributed by atoms with Gasteiger partial charge in [-0.05, 0) is 32.1 Å². The molecule has 2 fully saturated rings. The molecule has 0 bridgehead atoms. The Bertz CT molecular complexity index is 572. The molecule has 1 saturated carbocycles. The summed E-state index contributed by atoms with van der Waals surface area (Å²) in [4.78, 5) is 23.5. The summed E-state index contributed by atoms with van der Waals surface area (Å²) in [6, 6.07) is 2.29. The number of nitrogens with zero attached hydrogens (tertiary/aromatic N) is 3. The molecule has 0 unspecified atom stereocenters. The Balaban J connectivity index is 0.00000169. The van der Waals surface area contributed by atoms with Gasteiger partial charge in [0, 0.05) is 30.9 Å². The first-order chi connectivity index (χ1) is 11.6. The average Bonchev–Trinajstić information content (AvgIpc) is 2.63. The number of halogens is 2. The van der Waals surface area contributed by atoms with Crippen molar-refractivity contribution in [3.8, 4) is 0 Å². The minimum atomic E-state index is -0.641. The van der Waals surface area contributed by atoms with E-state index < -0.39 is 5.54 Å². The summed E-state index contributed by atoms with van der Waals surface area (Å²) in [5, 5.41) is 3.20. The van der Waals surface area contributed by atoms with Crippen LogP contribution < -0.4 is 16.0 Å². The van der Waals surface area contributed by atoms with Gasteiger partial charge in [0.15, 0.2) is 0 Å². The van der Waals surface area contributed by atoms with Crippen LogP contribution in [0.25, 0.3) is 0 Å². The van der Waals surface area contributed by atoms with Crippen LogP contribution in [0, 0.1) is 0 Å². The largest absolute Gasteiger partial charge is 0.356 e. The van der Waals surface area contributed by atoms with Gasteiger partial charge in [-0.15, -0.1) is 24.8 Å². The molecule has 8 heteroatoms. The van der Waals surface area contributed by atoms with Crippen LogP contribution in [0.1, 0.15) is 57.6 Å². The molecule has 148 valence electrons. The molecule has 0 aromatic carbocycles. The highest BCUT2D eigenvalue weighted by Crippen LogP contribution is 2.27. The summed E-state index contributed by atoms with van der Waals surface area (Å²) in [6.07, 6.45) is 9.40. The van der Waals surface area contributed by atoms with E-state index in [9.17, 15) is 4.79 Å². The fourth-order valence-corrected chi connectivity index (χ4v) is 3.74. The number of amides is 1. The van der Waals surface area contributed by atoms with E-state index in [0.29, 0.717) is 0 Å². The maximum Gasteiger partial charge on any atom is 0.240 e. The van der Waals surface area contributed by atoms with Crippen LogP contribution in [0.5, 0.6) is 0 Å². The van der Waals surface area contributed by atoms with Crippen LogP contribution in [0.15, 0.2) is 12.4 Å². The van der Waals surface area contributed by atoms with Gasteiger partial charge in [-0.1, -0.05) is 26.2 Å². The number of hydrogen-bond donors (Lipinski definition) is 2. The number of nitrogens with one attached hydrogen (secondary N) is 1. The molecule has 6 nitrogen and oxygen atoms in total. The van der Waals surface area contributed by atoms with E-state index in [4.69, 9.17) is 5.73 Å². The molecule has 1 amide bonds. The van der Waals surface area contributed by atoms with Gasteiger partial charge < -0.3 is 16.0 Å². The molecule has 3 N–H and O–H groups in total. The Morgan fingerprint density at radius 1 is 1.23 bits per heavy atom.